The molecule has 1 fully saturated rings. The maximum absolute atomic E-state index is 13.2. The molecular weight excluding hydrogens is 372 g/mol. The molecule has 5 rings (SSSR count). The summed E-state index contributed by atoms with van der Waals surface area (Å²) >= 11 is 6.26. The van der Waals surface area contributed by atoms with Gasteiger partial charge in [-0.15, -0.1) is 0 Å². The van der Waals surface area contributed by atoms with Gasteiger partial charge in [-0.3, -0.25) is 9.78 Å². The number of pyridine rings is 1. The van der Waals surface area contributed by atoms with Gasteiger partial charge >= 0.3 is 0 Å². The molecule has 0 saturated heterocycles. The second-order valence-electron chi connectivity index (χ2n) is 7.52. The number of halogens is 1. The Labute approximate surface area is 169 Å². The number of rotatable bonds is 5. The summed E-state index contributed by atoms with van der Waals surface area (Å²) in [6.45, 7) is 0.0163. The minimum atomic E-state index is 0.0163. The molecular formula is C23H21ClN2O2. The van der Waals surface area contributed by atoms with E-state index in [0.717, 1.165) is 31.1 Å². The molecule has 1 heterocycles. The van der Waals surface area contributed by atoms with Crippen molar-refractivity contribution in [2.24, 2.45) is 0 Å². The first-order valence-electron chi connectivity index (χ1n) is 9.77. The van der Waals surface area contributed by atoms with Crippen LogP contribution in [-0.2, 0) is 11.2 Å². The van der Waals surface area contributed by atoms with Crippen LogP contribution in [-0.4, -0.2) is 28.4 Å². The number of carbonyl (C=O) groups is 1. The van der Waals surface area contributed by atoms with Crippen molar-refractivity contribution in [1.29, 1.82) is 0 Å². The summed E-state index contributed by atoms with van der Waals surface area (Å²) in [5, 5.41) is 1.46. The Hall–Kier alpha value is -2.59. The molecule has 1 unspecified atom stereocenters. The minimum absolute atomic E-state index is 0.0163. The molecule has 1 saturated carbocycles. The lowest BCUT2D eigenvalue weighted by Gasteiger charge is -2.30. The second-order valence-corrected chi connectivity index (χ2v) is 7.93. The van der Waals surface area contributed by atoms with Crippen LogP contribution in [0.1, 0.15) is 36.4 Å². The number of ether oxygens (including phenoxy) is 1. The molecule has 2 aromatic carbocycles. The Morgan fingerprint density at radius 2 is 1.96 bits per heavy atom. The summed E-state index contributed by atoms with van der Waals surface area (Å²) in [6.07, 6.45) is 5.89. The predicted molar refractivity (Wildman–Crippen MR) is 110 cm³/mol. The van der Waals surface area contributed by atoms with Crippen molar-refractivity contribution in [2.45, 2.75) is 37.8 Å². The quantitative estimate of drug-likeness (QED) is 0.617. The van der Waals surface area contributed by atoms with Crippen molar-refractivity contribution in [2.75, 3.05) is 6.61 Å². The van der Waals surface area contributed by atoms with Gasteiger partial charge in [0.05, 0.1) is 11.1 Å². The van der Waals surface area contributed by atoms with Gasteiger partial charge in [-0.1, -0.05) is 35.9 Å². The fraction of sp³-hybridized carbons (Fsp3) is 0.304. The van der Waals surface area contributed by atoms with Gasteiger partial charge in [-0.25, -0.2) is 0 Å². The number of nitrogens with zero attached hydrogens (tertiary/aromatic N) is 2. The van der Waals surface area contributed by atoms with E-state index in [9.17, 15) is 4.79 Å². The third kappa shape index (κ3) is 3.12. The van der Waals surface area contributed by atoms with Gasteiger partial charge in [0.15, 0.2) is 6.61 Å². The molecule has 28 heavy (non-hydrogen) atoms. The molecule has 2 aliphatic carbocycles. The number of hydrogen-bond donors (Lipinski definition) is 0. The predicted octanol–water partition coefficient (Wildman–Crippen LogP) is 4.95. The van der Waals surface area contributed by atoms with E-state index in [4.69, 9.17) is 16.3 Å². The normalized spacial score (nSPS) is 18.1. The highest BCUT2D eigenvalue weighted by Crippen LogP contribution is 2.42. The molecule has 1 aromatic heterocycles. The first kappa shape index (κ1) is 17.5. The first-order chi connectivity index (χ1) is 13.7. The lowest BCUT2D eigenvalue weighted by Crippen LogP contribution is -2.39. The van der Waals surface area contributed by atoms with Crippen molar-refractivity contribution in [3.63, 3.8) is 0 Å². The lowest BCUT2D eigenvalue weighted by atomic mass is 10.1. The molecule has 0 N–H and O–H groups in total. The number of aryl methyl sites for hydroxylation is 1. The minimum Gasteiger partial charge on any atom is -0.481 e. The molecule has 142 valence electrons. The highest BCUT2D eigenvalue weighted by atomic mass is 35.5. The number of benzene rings is 2. The maximum Gasteiger partial charge on any atom is 0.261 e. The summed E-state index contributed by atoms with van der Waals surface area (Å²) in [7, 11) is 0. The van der Waals surface area contributed by atoms with Crippen LogP contribution in [0, 0.1) is 0 Å². The Balaban J connectivity index is 1.37. The second kappa shape index (κ2) is 7.10. The van der Waals surface area contributed by atoms with Crippen molar-refractivity contribution in [3.8, 4) is 5.75 Å². The molecule has 5 heteroatoms. The lowest BCUT2D eigenvalue weighted by molar-refractivity contribution is -0.136. The number of carbonyl (C=O) groups excluding carboxylic acids is 1. The SMILES string of the molecule is O=C(COc1ccc(Cl)c2cccnc12)N(C1CC1)C1CCc2ccccc21. The smallest absolute Gasteiger partial charge is 0.261 e. The Bertz CT molecular complexity index is 1050. The van der Waals surface area contributed by atoms with Gasteiger partial charge in [0.25, 0.3) is 5.91 Å². The van der Waals surface area contributed by atoms with E-state index < -0.39 is 0 Å². The van der Waals surface area contributed by atoms with E-state index in [1.165, 1.54) is 11.1 Å². The topological polar surface area (TPSA) is 42.4 Å². The van der Waals surface area contributed by atoms with Crippen LogP contribution in [0.4, 0.5) is 0 Å². The van der Waals surface area contributed by atoms with Crippen LogP contribution < -0.4 is 4.74 Å². The van der Waals surface area contributed by atoms with E-state index in [1.54, 1.807) is 18.3 Å². The summed E-state index contributed by atoms with van der Waals surface area (Å²) in [5.74, 6) is 0.638. The van der Waals surface area contributed by atoms with Gasteiger partial charge in [0.1, 0.15) is 11.3 Å². The average molecular weight is 393 g/mol. The molecule has 1 amide bonds. The van der Waals surface area contributed by atoms with Crippen LogP contribution in [0.3, 0.4) is 0 Å². The van der Waals surface area contributed by atoms with Crippen molar-refractivity contribution in [3.05, 3.63) is 70.9 Å². The van der Waals surface area contributed by atoms with E-state index >= 15 is 0 Å². The monoisotopic (exact) mass is 392 g/mol. The van der Waals surface area contributed by atoms with Crippen LogP contribution in [0.5, 0.6) is 5.75 Å². The zero-order valence-corrected chi connectivity index (χ0v) is 16.2. The van der Waals surface area contributed by atoms with E-state index in [0.29, 0.717) is 22.3 Å². The maximum atomic E-state index is 13.2. The fourth-order valence-corrected chi connectivity index (χ4v) is 4.47. The Morgan fingerprint density at radius 3 is 2.82 bits per heavy atom. The van der Waals surface area contributed by atoms with Crippen molar-refractivity contribution < 1.29 is 9.53 Å². The standard InChI is InChI=1S/C23H21ClN2O2/c24-19-10-12-21(23-18(19)6-3-13-25-23)28-14-22(27)26(16-8-9-16)20-11-7-15-4-1-2-5-17(15)20/h1-6,10,12-13,16,20H,7-9,11,14H2. The van der Waals surface area contributed by atoms with Crippen LogP contribution >= 0.6 is 11.6 Å². The highest BCUT2D eigenvalue weighted by molar-refractivity contribution is 6.35. The third-order valence-electron chi connectivity index (χ3n) is 5.70. The molecule has 0 spiro atoms. The molecule has 1 atom stereocenters. The average Bonchev–Trinajstić information content (AvgIpc) is 3.47. The van der Waals surface area contributed by atoms with Crippen LogP contribution in [0.25, 0.3) is 10.9 Å². The number of amides is 1. The summed E-state index contributed by atoms with van der Waals surface area (Å²) in [6, 6.07) is 16.3. The molecule has 0 bridgehead atoms. The van der Waals surface area contributed by atoms with Crippen molar-refractivity contribution >= 4 is 28.4 Å². The van der Waals surface area contributed by atoms with Gasteiger partial charge < -0.3 is 9.64 Å². The van der Waals surface area contributed by atoms with Crippen LogP contribution in [0.2, 0.25) is 5.02 Å². The number of fused-ring (bicyclic) bond motifs is 2. The van der Waals surface area contributed by atoms with E-state index in [2.05, 4.69) is 34.1 Å². The molecule has 0 radical (unpaired) electrons. The summed E-state index contributed by atoms with van der Waals surface area (Å²) in [5.41, 5.74) is 3.34. The van der Waals surface area contributed by atoms with E-state index in [-0.39, 0.29) is 18.6 Å². The zero-order valence-electron chi connectivity index (χ0n) is 15.5. The van der Waals surface area contributed by atoms with Gasteiger partial charge in [-0.2, -0.15) is 0 Å². The largest absolute Gasteiger partial charge is 0.481 e. The van der Waals surface area contributed by atoms with Crippen molar-refractivity contribution in [1.82, 2.24) is 9.88 Å². The Morgan fingerprint density at radius 1 is 1.11 bits per heavy atom. The number of aromatic nitrogens is 1. The molecule has 0 aliphatic heterocycles. The third-order valence-corrected chi connectivity index (χ3v) is 6.03. The molecule has 4 nitrogen and oxygen atoms in total. The molecule has 3 aromatic rings. The zero-order chi connectivity index (χ0) is 19.1. The summed E-state index contributed by atoms with van der Waals surface area (Å²) < 4.78 is 5.93. The Kier molecular flexibility index (Phi) is 4.44. The van der Waals surface area contributed by atoms with Crippen LogP contribution in [0.15, 0.2) is 54.7 Å². The van der Waals surface area contributed by atoms with Gasteiger partial charge in [0, 0.05) is 17.6 Å². The molecule has 2 aliphatic rings. The first-order valence-corrected chi connectivity index (χ1v) is 10.1. The summed E-state index contributed by atoms with van der Waals surface area (Å²) in [4.78, 5) is 19.6. The van der Waals surface area contributed by atoms with Gasteiger partial charge in [-0.05, 0) is 61.1 Å². The van der Waals surface area contributed by atoms with Gasteiger partial charge in [0.2, 0.25) is 0 Å². The fourth-order valence-electron chi connectivity index (χ4n) is 4.25. The highest BCUT2D eigenvalue weighted by Gasteiger charge is 2.40. The number of hydrogen-bond acceptors (Lipinski definition) is 3. The van der Waals surface area contributed by atoms with E-state index in [1.807, 2.05) is 12.1 Å².